The third-order valence-corrected chi connectivity index (χ3v) is 3.22. The van der Waals surface area contributed by atoms with Crippen LogP contribution in [-0.4, -0.2) is 15.9 Å². The SMILES string of the molecule is Cc1nc(N)ncc1C(=O)NC(C)(C)c1ccccc1F. The number of amides is 1. The molecule has 0 fully saturated rings. The number of carbonyl (C=O) groups excluding carboxylic acids is 1. The summed E-state index contributed by atoms with van der Waals surface area (Å²) < 4.78 is 13.9. The van der Waals surface area contributed by atoms with Gasteiger partial charge in [0.15, 0.2) is 0 Å². The predicted octanol–water partition coefficient (Wildman–Crippen LogP) is 2.17. The first-order valence-electron chi connectivity index (χ1n) is 6.48. The van der Waals surface area contributed by atoms with Crippen LogP contribution in [0.4, 0.5) is 10.3 Å². The van der Waals surface area contributed by atoms with Crippen LogP contribution in [0.15, 0.2) is 30.5 Å². The van der Waals surface area contributed by atoms with E-state index in [2.05, 4.69) is 15.3 Å². The number of hydrogen-bond donors (Lipinski definition) is 2. The van der Waals surface area contributed by atoms with Crippen LogP contribution in [0.2, 0.25) is 0 Å². The van der Waals surface area contributed by atoms with Gasteiger partial charge in [0.05, 0.1) is 16.8 Å². The van der Waals surface area contributed by atoms with Gasteiger partial charge in [-0.2, -0.15) is 0 Å². The summed E-state index contributed by atoms with van der Waals surface area (Å²) in [7, 11) is 0. The Bertz CT molecular complexity index is 685. The van der Waals surface area contributed by atoms with Gasteiger partial charge in [-0.25, -0.2) is 14.4 Å². The van der Waals surface area contributed by atoms with Gasteiger partial charge in [-0.1, -0.05) is 18.2 Å². The van der Waals surface area contributed by atoms with Gasteiger partial charge in [-0.3, -0.25) is 4.79 Å². The number of benzene rings is 1. The minimum atomic E-state index is -0.865. The summed E-state index contributed by atoms with van der Waals surface area (Å²) in [6.07, 6.45) is 1.37. The summed E-state index contributed by atoms with van der Waals surface area (Å²) in [5.41, 5.74) is 5.80. The maximum atomic E-state index is 13.9. The molecule has 5 nitrogen and oxygen atoms in total. The minimum Gasteiger partial charge on any atom is -0.368 e. The van der Waals surface area contributed by atoms with Crippen LogP contribution in [0.3, 0.4) is 0 Å². The zero-order chi connectivity index (χ0) is 15.6. The van der Waals surface area contributed by atoms with Crippen molar-refractivity contribution in [2.45, 2.75) is 26.3 Å². The number of rotatable bonds is 3. The van der Waals surface area contributed by atoms with Gasteiger partial charge in [0.25, 0.3) is 5.91 Å². The molecule has 0 unspecified atom stereocenters. The molecule has 0 aliphatic carbocycles. The van der Waals surface area contributed by atoms with Crippen LogP contribution in [0.25, 0.3) is 0 Å². The lowest BCUT2D eigenvalue weighted by Gasteiger charge is -2.27. The van der Waals surface area contributed by atoms with Gasteiger partial charge >= 0.3 is 0 Å². The van der Waals surface area contributed by atoms with Crippen molar-refractivity contribution in [3.63, 3.8) is 0 Å². The first kappa shape index (κ1) is 14.9. The molecular formula is C15H17FN4O. The van der Waals surface area contributed by atoms with Crippen molar-refractivity contribution in [3.05, 3.63) is 53.1 Å². The molecule has 1 aromatic heterocycles. The summed E-state index contributed by atoms with van der Waals surface area (Å²) in [6, 6.07) is 6.33. The standard InChI is InChI=1S/C15H17FN4O/c1-9-10(8-18-14(17)19-9)13(21)20-15(2,3)11-6-4-5-7-12(11)16/h4-8H,1-3H3,(H,20,21)(H2,17,18,19). The highest BCUT2D eigenvalue weighted by Crippen LogP contribution is 2.23. The second-order valence-corrected chi connectivity index (χ2v) is 5.29. The van der Waals surface area contributed by atoms with E-state index in [1.54, 1.807) is 39.0 Å². The van der Waals surface area contributed by atoms with Crippen molar-refractivity contribution in [2.75, 3.05) is 5.73 Å². The first-order valence-corrected chi connectivity index (χ1v) is 6.48. The number of anilines is 1. The molecule has 0 saturated heterocycles. The lowest BCUT2D eigenvalue weighted by molar-refractivity contribution is 0.0909. The molecule has 0 saturated carbocycles. The number of nitrogens with two attached hydrogens (primary N) is 1. The molecule has 0 aliphatic heterocycles. The zero-order valence-electron chi connectivity index (χ0n) is 12.1. The van der Waals surface area contributed by atoms with E-state index in [9.17, 15) is 9.18 Å². The summed E-state index contributed by atoms with van der Waals surface area (Å²) in [5.74, 6) is -0.633. The summed E-state index contributed by atoms with van der Waals surface area (Å²) in [6.45, 7) is 5.14. The number of carbonyl (C=O) groups is 1. The van der Waals surface area contributed by atoms with Gasteiger partial charge in [0.2, 0.25) is 5.95 Å². The van der Waals surface area contributed by atoms with Crippen LogP contribution < -0.4 is 11.1 Å². The Morgan fingerprint density at radius 3 is 2.62 bits per heavy atom. The van der Waals surface area contributed by atoms with Crippen LogP contribution in [0.5, 0.6) is 0 Å². The van der Waals surface area contributed by atoms with Crippen molar-refractivity contribution >= 4 is 11.9 Å². The van der Waals surface area contributed by atoms with Crippen molar-refractivity contribution in [3.8, 4) is 0 Å². The monoisotopic (exact) mass is 288 g/mol. The molecule has 1 aromatic carbocycles. The number of nitrogen functional groups attached to an aromatic ring is 1. The predicted molar refractivity (Wildman–Crippen MR) is 78.1 cm³/mol. The fraction of sp³-hybridized carbons (Fsp3) is 0.267. The second-order valence-electron chi connectivity index (χ2n) is 5.29. The van der Waals surface area contributed by atoms with Crippen LogP contribution in [-0.2, 0) is 5.54 Å². The van der Waals surface area contributed by atoms with E-state index < -0.39 is 5.54 Å². The Labute approximate surface area is 122 Å². The van der Waals surface area contributed by atoms with Gasteiger partial charge in [-0.05, 0) is 26.8 Å². The Hall–Kier alpha value is -2.50. The third-order valence-electron chi connectivity index (χ3n) is 3.22. The molecule has 0 spiro atoms. The van der Waals surface area contributed by atoms with E-state index in [0.29, 0.717) is 16.8 Å². The fourth-order valence-electron chi connectivity index (χ4n) is 2.09. The number of aryl methyl sites for hydroxylation is 1. The Morgan fingerprint density at radius 1 is 1.33 bits per heavy atom. The molecule has 2 rings (SSSR count). The van der Waals surface area contributed by atoms with Crippen molar-refractivity contribution in [1.82, 2.24) is 15.3 Å². The lowest BCUT2D eigenvalue weighted by Crippen LogP contribution is -2.42. The van der Waals surface area contributed by atoms with E-state index in [-0.39, 0.29) is 17.7 Å². The van der Waals surface area contributed by atoms with E-state index in [1.807, 2.05) is 0 Å². The molecule has 110 valence electrons. The normalized spacial score (nSPS) is 11.2. The number of nitrogens with one attached hydrogen (secondary N) is 1. The number of aromatic nitrogens is 2. The van der Waals surface area contributed by atoms with Gasteiger partial charge in [-0.15, -0.1) is 0 Å². The van der Waals surface area contributed by atoms with Gasteiger partial charge in [0.1, 0.15) is 5.82 Å². The molecule has 0 atom stereocenters. The topological polar surface area (TPSA) is 80.9 Å². The number of halogens is 1. The minimum absolute atomic E-state index is 0.109. The Kier molecular flexibility index (Phi) is 3.88. The second kappa shape index (κ2) is 5.47. The molecule has 0 aliphatic rings. The lowest BCUT2D eigenvalue weighted by atomic mass is 9.93. The maximum absolute atomic E-state index is 13.9. The maximum Gasteiger partial charge on any atom is 0.255 e. The molecule has 0 radical (unpaired) electrons. The number of hydrogen-bond acceptors (Lipinski definition) is 4. The van der Waals surface area contributed by atoms with Crippen molar-refractivity contribution < 1.29 is 9.18 Å². The summed E-state index contributed by atoms with van der Waals surface area (Å²) >= 11 is 0. The average molecular weight is 288 g/mol. The average Bonchev–Trinajstić information content (AvgIpc) is 2.38. The van der Waals surface area contributed by atoms with E-state index in [4.69, 9.17) is 5.73 Å². The quantitative estimate of drug-likeness (QED) is 0.907. The summed E-state index contributed by atoms with van der Waals surface area (Å²) in [4.78, 5) is 20.1. The van der Waals surface area contributed by atoms with Crippen LogP contribution in [0.1, 0.15) is 35.5 Å². The Balaban J connectivity index is 2.28. The Morgan fingerprint density at radius 2 is 2.00 bits per heavy atom. The highest BCUT2D eigenvalue weighted by atomic mass is 19.1. The van der Waals surface area contributed by atoms with Gasteiger partial charge < -0.3 is 11.1 Å². The largest absolute Gasteiger partial charge is 0.368 e. The van der Waals surface area contributed by atoms with E-state index in [1.165, 1.54) is 12.3 Å². The molecule has 3 N–H and O–H groups in total. The van der Waals surface area contributed by atoms with Crippen LogP contribution >= 0.6 is 0 Å². The molecule has 0 bridgehead atoms. The number of nitrogens with zero attached hydrogens (tertiary/aromatic N) is 2. The van der Waals surface area contributed by atoms with Crippen molar-refractivity contribution in [1.29, 1.82) is 0 Å². The highest BCUT2D eigenvalue weighted by Gasteiger charge is 2.27. The van der Waals surface area contributed by atoms with E-state index in [0.717, 1.165) is 0 Å². The fourth-order valence-corrected chi connectivity index (χ4v) is 2.09. The first-order chi connectivity index (χ1) is 9.81. The van der Waals surface area contributed by atoms with Crippen molar-refractivity contribution in [2.24, 2.45) is 0 Å². The molecule has 21 heavy (non-hydrogen) atoms. The van der Waals surface area contributed by atoms with Gasteiger partial charge in [0, 0.05) is 11.8 Å². The summed E-state index contributed by atoms with van der Waals surface area (Å²) in [5, 5.41) is 2.79. The molecule has 1 amide bonds. The van der Waals surface area contributed by atoms with E-state index >= 15 is 0 Å². The van der Waals surface area contributed by atoms with Crippen LogP contribution in [0, 0.1) is 12.7 Å². The zero-order valence-corrected chi connectivity index (χ0v) is 12.1. The molecule has 6 heteroatoms. The molecule has 1 heterocycles. The smallest absolute Gasteiger partial charge is 0.255 e. The molecular weight excluding hydrogens is 271 g/mol. The molecule has 2 aromatic rings. The highest BCUT2D eigenvalue weighted by molar-refractivity contribution is 5.95. The third kappa shape index (κ3) is 3.16.